The highest BCUT2D eigenvalue weighted by molar-refractivity contribution is 8.00. The van der Waals surface area contributed by atoms with Gasteiger partial charge in [-0.15, -0.1) is 0 Å². The average Bonchev–Trinajstić information content (AvgIpc) is 3.16. The summed E-state index contributed by atoms with van der Waals surface area (Å²) in [6.45, 7) is 11.3. The van der Waals surface area contributed by atoms with E-state index in [1.807, 2.05) is 4.68 Å². The maximum absolute atomic E-state index is 11.8. The normalized spacial score (nSPS) is 11.8. The van der Waals surface area contributed by atoms with Gasteiger partial charge in [-0.1, -0.05) is 76.5 Å². The van der Waals surface area contributed by atoms with Gasteiger partial charge in [-0.2, -0.15) is 5.10 Å². The van der Waals surface area contributed by atoms with Crippen LogP contribution in [-0.2, 0) is 15.1 Å². The average molecular weight is 479 g/mol. The van der Waals surface area contributed by atoms with E-state index < -0.39 is 0 Å². The number of carbonyl (C=O) groups excluding carboxylic acids is 1. The summed E-state index contributed by atoms with van der Waals surface area (Å²) in [6.07, 6.45) is 14.4. The molecule has 8 heteroatoms. The van der Waals surface area contributed by atoms with Gasteiger partial charge >= 0.3 is 5.97 Å². The van der Waals surface area contributed by atoms with Crippen molar-refractivity contribution in [2.45, 2.75) is 109 Å². The lowest BCUT2D eigenvalue weighted by Crippen LogP contribution is -2.24. The molecule has 0 saturated heterocycles. The van der Waals surface area contributed by atoms with E-state index in [4.69, 9.17) is 14.6 Å². The fourth-order valence-electron chi connectivity index (χ4n) is 3.63. The van der Waals surface area contributed by atoms with Crippen molar-refractivity contribution < 1.29 is 14.3 Å². The lowest BCUT2D eigenvalue weighted by Gasteiger charge is -2.21. The minimum atomic E-state index is -0.267. The highest BCUT2D eigenvalue weighted by Crippen LogP contribution is 2.33. The number of rotatable bonds is 16. The molecule has 0 unspecified atom stereocenters. The van der Waals surface area contributed by atoms with Crippen LogP contribution < -0.4 is 4.74 Å². The van der Waals surface area contributed by atoms with E-state index in [0.29, 0.717) is 35.2 Å². The summed E-state index contributed by atoms with van der Waals surface area (Å²) in [5.41, 5.74) is 1.09. The predicted molar refractivity (Wildman–Crippen MR) is 135 cm³/mol. The number of unbranched alkanes of at least 4 members (excludes halogenated alkanes) is 9. The van der Waals surface area contributed by atoms with Crippen molar-refractivity contribution in [3.8, 4) is 5.88 Å². The van der Waals surface area contributed by atoms with Crippen LogP contribution in [0.5, 0.6) is 5.88 Å². The Kier molecular flexibility index (Phi) is 12.0. The van der Waals surface area contributed by atoms with Crippen LogP contribution in [0, 0.1) is 0 Å². The molecular formula is C25H42N4O3S. The van der Waals surface area contributed by atoms with Gasteiger partial charge in [0.25, 0.3) is 0 Å². The lowest BCUT2D eigenvalue weighted by atomic mass is 10.1. The Morgan fingerprint density at radius 3 is 2.18 bits per heavy atom. The third-order valence-electron chi connectivity index (χ3n) is 5.39. The molecule has 7 nitrogen and oxygen atoms in total. The quantitative estimate of drug-likeness (QED) is 0.117. The Balaban J connectivity index is 1.92. The van der Waals surface area contributed by atoms with E-state index in [1.165, 1.54) is 75.9 Å². The molecule has 2 aromatic heterocycles. The van der Waals surface area contributed by atoms with Crippen molar-refractivity contribution in [1.82, 2.24) is 19.7 Å². The zero-order valence-corrected chi connectivity index (χ0v) is 22.0. The van der Waals surface area contributed by atoms with Crippen molar-refractivity contribution in [3.05, 3.63) is 6.33 Å². The SMILES string of the molecule is CCCCCCCCCCCCOc1c2ncnc(SCC(=O)OCC)c2nn1C(C)(C)C. The second-order valence-electron chi connectivity index (χ2n) is 9.39. The minimum Gasteiger partial charge on any atom is -0.476 e. The molecule has 2 aromatic rings. The standard InChI is InChI=1S/C25H42N4O3S/c1-6-8-9-10-11-12-13-14-15-16-17-32-24-22-21(28-29(24)25(3,4)5)23(27-19-26-22)33-18-20(30)31-7-2/h19H,6-18H2,1-5H3. The number of carbonyl (C=O) groups is 1. The smallest absolute Gasteiger partial charge is 0.316 e. The molecule has 0 aromatic carbocycles. The van der Waals surface area contributed by atoms with Crippen LogP contribution in [-0.4, -0.2) is 44.7 Å². The van der Waals surface area contributed by atoms with Crippen LogP contribution in [0.3, 0.4) is 0 Å². The van der Waals surface area contributed by atoms with Gasteiger partial charge in [0.1, 0.15) is 16.9 Å². The Hall–Kier alpha value is -1.83. The summed E-state index contributed by atoms with van der Waals surface area (Å²) < 4.78 is 13.1. The highest BCUT2D eigenvalue weighted by Gasteiger charge is 2.25. The maximum atomic E-state index is 11.8. The molecule has 0 bridgehead atoms. The van der Waals surface area contributed by atoms with Crippen LogP contribution in [0.2, 0.25) is 0 Å². The number of fused-ring (bicyclic) bond motifs is 1. The second-order valence-corrected chi connectivity index (χ2v) is 10.4. The molecule has 0 atom stereocenters. The first-order chi connectivity index (χ1) is 15.9. The molecule has 186 valence electrons. The van der Waals surface area contributed by atoms with Crippen molar-refractivity contribution in [1.29, 1.82) is 0 Å². The summed E-state index contributed by atoms with van der Waals surface area (Å²) in [4.78, 5) is 20.6. The number of nitrogens with zero attached hydrogens (tertiary/aromatic N) is 4. The Labute approximate surface area is 203 Å². The van der Waals surface area contributed by atoms with E-state index in [-0.39, 0.29) is 17.3 Å². The Morgan fingerprint density at radius 1 is 0.939 bits per heavy atom. The summed E-state index contributed by atoms with van der Waals surface area (Å²) in [6, 6.07) is 0. The molecule has 33 heavy (non-hydrogen) atoms. The molecule has 0 amide bonds. The van der Waals surface area contributed by atoms with Crippen molar-refractivity contribution in [3.63, 3.8) is 0 Å². The topological polar surface area (TPSA) is 79.1 Å². The third kappa shape index (κ3) is 9.14. The number of esters is 1. The van der Waals surface area contributed by atoms with Crippen LogP contribution in [0.15, 0.2) is 11.4 Å². The van der Waals surface area contributed by atoms with Gasteiger partial charge in [0.2, 0.25) is 5.88 Å². The fraction of sp³-hybridized carbons (Fsp3) is 0.760. The first kappa shape index (κ1) is 27.4. The molecule has 0 radical (unpaired) electrons. The first-order valence-electron chi connectivity index (χ1n) is 12.5. The van der Waals surface area contributed by atoms with Crippen molar-refractivity contribution in [2.24, 2.45) is 0 Å². The van der Waals surface area contributed by atoms with Gasteiger partial charge in [-0.05, 0) is 34.1 Å². The molecular weight excluding hydrogens is 436 g/mol. The summed E-state index contributed by atoms with van der Waals surface area (Å²) >= 11 is 1.32. The van der Waals surface area contributed by atoms with Crippen LogP contribution in [0.4, 0.5) is 0 Å². The lowest BCUT2D eigenvalue weighted by molar-refractivity contribution is -0.139. The molecule has 0 N–H and O–H groups in total. The third-order valence-corrected chi connectivity index (χ3v) is 6.34. The second kappa shape index (κ2) is 14.4. The summed E-state index contributed by atoms with van der Waals surface area (Å²) in [5, 5.41) is 5.44. The summed E-state index contributed by atoms with van der Waals surface area (Å²) in [7, 11) is 0. The zero-order chi connectivity index (χ0) is 24.1. The zero-order valence-electron chi connectivity index (χ0n) is 21.2. The predicted octanol–water partition coefficient (Wildman–Crippen LogP) is 6.54. The Bertz CT molecular complexity index is 848. The molecule has 2 heterocycles. The molecule has 2 rings (SSSR count). The van der Waals surface area contributed by atoms with Crippen LogP contribution in [0.25, 0.3) is 11.0 Å². The number of aromatic nitrogens is 4. The van der Waals surface area contributed by atoms with E-state index in [1.54, 1.807) is 6.92 Å². The highest BCUT2D eigenvalue weighted by atomic mass is 32.2. The molecule has 0 spiro atoms. The van der Waals surface area contributed by atoms with Gasteiger partial charge in [0.05, 0.1) is 24.5 Å². The number of thioether (sulfide) groups is 1. The Morgan fingerprint density at radius 2 is 1.58 bits per heavy atom. The van der Waals surface area contributed by atoms with Crippen molar-refractivity contribution in [2.75, 3.05) is 19.0 Å². The van der Waals surface area contributed by atoms with Crippen LogP contribution in [0.1, 0.15) is 98.8 Å². The molecule has 0 aliphatic heterocycles. The molecule has 0 fully saturated rings. The fourth-order valence-corrected chi connectivity index (χ4v) is 4.37. The maximum Gasteiger partial charge on any atom is 0.316 e. The summed E-state index contributed by atoms with van der Waals surface area (Å²) in [5.74, 6) is 0.604. The molecule has 0 aliphatic carbocycles. The molecule has 0 aliphatic rings. The van der Waals surface area contributed by atoms with E-state index in [2.05, 4.69) is 37.7 Å². The number of hydrogen-bond donors (Lipinski definition) is 0. The van der Waals surface area contributed by atoms with E-state index in [0.717, 1.165) is 6.42 Å². The number of hydrogen-bond acceptors (Lipinski definition) is 7. The largest absolute Gasteiger partial charge is 0.476 e. The first-order valence-corrected chi connectivity index (χ1v) is 13.5. The van der Waals surface area contributed by atoms with E-state index in [9.17, 15) is 4.79 Å². The molecule has 0 saturated carbocycles. The van der Waals surface area contributed by atoms with Gasteiger partial charge in [-0.3, -0.25) is 4.79 Å². The van der Waals surface area contributed by atoms with Gasteiger partial charge in [0, 0.05) is 0 Å². The van der Waals surface area contributed by atoms with Gasteiger partial charge in [-0.25, -0.2) is 14.6 Å². The minimum absolute atomic E-state index is 0.192. The monoisotopic (exact) mass is 478 g/mol. The number of ether oxygens (including phenoxy) is 2. The van der Waals surface area contributed by atoms with Gasteiger partial charge < -0.3 is 9.47 Å². The van der Waals surface area contributed by atoms with Gasteiger partial charge in [0.15, 0.2) is 5.52 Å². The van der Waals surface area contributed by atoms with E-state index >= 15 is 0 Å². The van der Waals surface area contributed by atoms with Crippen LogP contribution >= 0.6 is 11.8 Å². The van der Waals surface area contributed by atoms with Crippen molar-refractivity contribution >= 4 is 28.8 Å².